The Balaban J connectivity index is 2.20. The van der Waals surface area contributed by atoms with E-state index >= 15 is 0 Å². The molecule has 1 aromatic rings. The van der Waals surface area contributed by atoms with E-state index < -0.39 is 17.4 Å². The summed E-state index contributed by atoms with van der Waals surface area (Å²) in [5, 5.41) is 1.49. The Morgan fingerprint density at radius 3 is 2.47 bits per heavy atom. The average Bonchev–Trinajstić information content (AvgIpc) is 2.72. The minimum absolute atomic E-state index is 0.428. The summed E-state index contributed by atoms with van der Waals surface area (Å²) >= 11 is 1.03. The summed E-state index contributed by atoms with van der Waals surface area (Å²) < 4.78 is 37.4. The highest BCUT2D eigenvalue weighted by molar-refractivity contribution is 7.09. The second-order valence-corrected chi connectivity index (χ2v) is 5.73. The van der Waals surface area contributed by atoms with Crippen molar-refractivity contribution in [2.75, 3.05) is 0 Å². The average molecular weight is 264 g/mol. The Kier molecular flexibility index (Phi) is 3.20. The molecule has 0 aliphatic heterocycles. The number of thiazole rings is 1. The van der Waals surface area contributed by atoms with E-state index in [0.717, 1.165) is 42.4 Å². The van der Waals surface area contributed by atoms with Crippen LogP contribution in [-0.4, -0.2) is 4.98 Å². The summed E-state index contributed by atoms with van der Waals surface area (Å²) in [5.41, 5.74) is 4.71. The zero-order valence-electron chi connectivity index (χ0n) is 9.55. The summed E-state index contributed by atoms with van der Waals surface area (Å²) in [6.45, 7) is 2.14. The van der Waals surface area contributed by atoms with Gasteiger partial charge >= 0.3 is 6.18 Å². The van der Waals surface area contributed by atoms with Gasteiger partial charge in [-0.1, -0.05) is 6.92 Å². The number of nitrogens with two attached hydrogens (primary N) is 1. The van der Waals surface area contributed by atoms with Crippen LogP contribution in [0.4, 0.5) is 13.2 Å². The molecule has 0 atom stereocenters. The van der Waals surface area contributed by atoms with Crippen LogP contribution in [0.25, 0.3) is 0 Å². The first-order valence-electron chi connectivity index (χ1n) is 5.63. The van der Waals surface area contributed by atoms with Gasteiger partial charge in [0.25, 0.3) is 0 Å². The van der Waals surface area contributed by atoms with Crippen LogP contribution in [0.15, 0.2) is 5.38 Å². The Labute approximate surface area is 102 Å². The monoisotopic (exact) mass is 264 g/mol. The third-order valence-corrected chi connectivity index (χ3v) is 4.45. The topological polar surface area (TPSA) is 38.9 Å². The van der Waals surface area contributed by atoms with E-state index in [2.05, 4.69) is 11.9 Å². The number of alkyl halides is 3. The highest BCUT2D eigenvalue weighted by Gasteiger charge is 2.39. The van der Waals surface area contributed by atoms with Gasteiger partial charge in [0.2, 0.25) is 0 Å². The first-order valence-corrected chi connectivity index (χ1v) is 6.51. The maximum absolute atomic E-state index is 12.5. The van der Waals surface area contributed by atoms with Gasteiger partial charge in [-0.2, -0.15) is 13.2 Å². The lowest BCUT2D eigenvalue weighted by Crippen LogP contribution is -2.40. The van der Waals surface area contributed by atoms with E-state index in [0.29, 0.717) is 10.9 Å². The molecule has 1 saturated carbocycles. The lowest BCUT2D eigenvalue weighted by molar-refractivity contribution is -0.140. The molecule has 0 bridgehead atoms. The fraction of sp³-hybridized carbons (Fsp3) is 0.727. The number of nitrogens with zero attached hydrogens (tertiary/aromatic N) is 1. The van der Waals surface area contributed by atoms with Crippen LogP contribution in [0, 0.1) is 5.92 Å². The van der Waals surface area contributed by atoms with Crippen LogP contribution < -0.4 is 5.73 Å². The molecule has 0 amide bonds. The van der Waals surface area contributed by atoms with Gasteiger partial charge in [-0.15, -0.1) is 11.3 Å². The summed E-state index contributed by atoms with van der Waals surface area (Å²) in [6, 6.07) is 0. The van der Waals surface area contributed by atoms with E-state index in [4.69, 9.17) is 5.73 Å². The molecule has 96 valence electrons. The van der Waals surface area contributed by atoms with Crippen molar-refractivity contribution < 1.29 is 13.2 Å². The SMILES string of the molecule is CC1CCC(N)(c2nc(C(F)(F)F)cs2)CC1. The van der Waals surface area contributed by atoms with Crippen LogP contribution in [-0.2, 0) is 11.7 Å². The van der Waals surface area contributed by atoms with E-state index in [1.54, 1.807) is 0 Å². The van der Waals surface area contributed by atoms with Gasteiger partial charge in [-0.25, -0.2) is 4.98 Å². The molecule has 0 spiro atoms. The maximum Gasteiger partial charge on any atom is 0.434 e. The quantitative estimate of drug-likeness (QED) is 0.842. The lowest BCUT2D eigenvalue weighted by atomic mass is 9.78. The first kappa shape index (κ1) is 12.8. The molecule has 2 nitrogen and oxygen atoms in total. The number of rotatable bonds is 1. The zero-order chi connectivity index (χ0) is 12.7. The van der Waals surface area contributed by atoms with Crippen LogP contribution >= 0.6 is 11.3 Å². The van der Waals surface area contributed by atoms with Crippen molar-refractivity contribution in [2.24, 2.45) is 11.7 Å². The van der Waals surface area contributed by atoms with Gasteiger partial charge in [-0.05, 0) is 31.6 Å². The molecule has 0 radical (unpaired) electrons. The molecule has 1 fully saturated rings. The van der Waals surface area contributed by atoms with Crippen LogP contribution in [0.1, 0.15) is 43.3 Å². The molecule has 6 heteroatoms. The van der Waals surface area contributed by atoms with E-state index in [-0.39, 0.29) is 0 Å². The molecule has 0 aromatic carbocycles. The second kappa shape index (κ2) is 4.24. The van der Waals surface area contributed by atoms with E-state index in [1.807, 2.05) is 0 Å². The fourth-order valence-electron chi connectivity index (χ4n) is 2.12. The predicted molar refractivity (Wildman–Crippen MR) is 60.6 cm³/mol. The number of hydrogen-bond acceptors (Lipinski definition) is 3. The van der Waals surface area contributed by atoms with Crippen LogP contribution in [0.2, 0.25) is 0 Å². The highest BCUT2D eigenvalue weighted by Crippen LogP contribution is 2.40. The second-order valence-electron chi connectivity index (χ2n) is 4.87. The molecule has 2 rings (SSSR count). The van der Waals surface area contributed by atoms with Gasteiger partial charge in [0.15, 0.2) is 5.69 Å². The number of halogens is 3. The van der Waals surface area contributed by atoms with Gasteiger partial charge < -0.3 is 5.73 Å². The molecule has 1 aromatic heterocycles. The Morgan fingerprint density at radius 2 is 2.00 bits per heavy atom. The molecule has 0 saturated heterocycles. The van der Waals surface area contributed by atoms with Crippen LogP contribution in [0.5, 0.6) is 0 Å². The van der Waals surface area contributed by atoms with Crippen molar-refractivity contribution in [3.8, 4) is 0 Å². The van der Waals surface area contributed by atoms with Gasteiger partial charge in [0, 0.05) is 5.38 Å². The largest absolute Gasteiger partial charge is 0.434 e. The lowest BCUT2D eigenvalue weighted by Gasteiger charge is -2.34. The minimum atomic E-state index is -4.37. The Morgan fingerprint density at radius 1 is 1.41 bits per heavy atom. The van der Waals surface area contributed by atoms with Gasteiger partial charge in [-0.3, -0.25) is 0 Å². The van der Waals surface area contributed by atoms with E-state index in [9.17, 15) is 13.2 Å². The molecule has 1 aliphatic carbocycles. The first-order chi connectivity index (χ1) is 7.81. The zero-order valence-corrected chi connectivity index (χ0v) is 10.4. The Bertz CT molecular complexity index is 392. The third kappa shape index (κ3) is 2.63. The van der Waals surface area contributed by atoms with Crippen molar-refractivity contribution in [2.45, 2.75) is 44.3 Å². The summed E-state index contributed by atoms with van der Waals surface area (Å²) in [6.07, 6.45) is -1.01. The number of hydrogen-bond donors (Lipinski definition) is 1. The van der Waals surface area contributed by atoms with Crippen molar-refractivity contribution in [1.82, 2.24) is 4.98 Å². The molecular weight excluding hydrogens is 249 g/mol. The third-order valence-electron chi connectivity index (χ3n) is 3.39. The summed E-state index contributed by atoms with van der Waals surface area (Å²) in [5.74, 6) is 0.605. The minimum Gasteiger partial charge on any atom is -0.319 e. The summed E-state index contributed by atoms with van der Waals surface area (Å²) in [7, 11) is 0. The summed E-state index contributed by atoms with van der Waals surface area (Å²) in [4.78, 5) is 3.67. The molecule has 1 heterocycles. The maximum atomic E-state index is 12.5. The van der Waals surface area contributed by atoms with Crippen molar-refractivity contribution in [3.63, 3.8) is 0 Å². The Hall–Kier alpha value is -0.620. The van der Waals surface area contributed by atoms with E-state index in [1.165, 1.54) is 0 Å². The van der Waals surface area contributed by atoms with Crippen molar-refractivity contribution in [3.05, 3.63) is 16.1 Å². The fourth-order valence-corrected chi connectivity index (χ4v) is 3.12. The van der Waals surface area contributed by atoms with Gasteiger partial charge in [0.05, 0.1) is 5.54 Å². The molecule has 0 unspecified atom stereocenters. The molecule has 2 N–H and O–H groups in total. The van der Waals surface area contributed by atoms with Crippen molar-refractivity contribution >= 4 is 11.3 Å². The molecule has 1 aliphatic rings. The highest BCUT2D eigenvalue weighted by atomic mass is 32.1. The normalized spacial score (nSPS) is 30.5. The predicted octanol–water partition coefficient (Wildman–Crippen LogP) is 3.53. The molecule has 17 heavy (non-hydrogen) atoms. The number of aromatic nitrogens is 1. The van der Waals surface area contributed by atoms with Crippen LogP contribution in [0.3, 0.4) is 0 Å². The molecular formula is C11H15F3N2S. The standard InChI is InChI=1S/C11H15F3N2S/c1-7-2-4-10(15,5-3-7)9-16-8(6-17-9)11(12,13)14/h6-7H,2-5,15H2,1H3. The van der Waals surface area contributed by atoms with Gasteiger partial charge in [0.1, 0.15) is 5.01 Å². The van der Waals surface area contributed by atoms with Crippen molar-refractivity contribution in [1.29, 1.82) is 0 Å². The smallest absolute Gasteiger partial charge is 0.319 e.